The SMILES string of the molecule is COc1ccc(-n2cc(-c3ccc(Cl)cc3)nc2NC(=O)CN(CCN2CCOCC2)C(C)=O)cc1. The number of imidazole rings is 1. The maximum Gasteiger partial charge on any atom is 0.246 e. The maximum absolute atomic E-state index is 13.0. The minimum Gasteiger partial charge on any atom is -0.497 e. The number of nitrogens with one attached hydrogen (secondary N) is 1. The fourth-order valence-electron chi connectivity index (χ4n) is 3.94. The summed E-state index contributed by atoms with van der Waals surface area (Å²) >= 11 is 6.04. The molecule has 36 heavy (non-hydrogen) atoms. The van der Waals surface area contributed by atoms with E-state index in [0.717, 1.165) is 30.1 Å². The molecule has 3 aromatic rings. The van der Waals surface area contributed by atoms with Crippen LogP contribution in [0.1, 0.15) is 6.92 Å². The van der Waals surface area contributed by atoms with Gasteiger partial charge in [-0.25, -0.2) is 4.98 Å². The van der Waals surface area contributed by atoms with E-state index in [-0.39, 0.29) is 18.4 Å². The summed E-state index contributed by atoms with van der Waals surface area (Å²) in [6.07, 6.45) is 1.85. The van der Waals surface area contributed by atoms with Gasteiger partial charge in [0.1, 0.15) is 5.75 Å². The summed E-state index contributed by atoms with van der Waals surface area (Å²) in [4.78, 5) is 33.7. The topological polar surface area (TPSA) is 88.9 Å². The molecular formula is C26H30ClN5O4. The van der Waals surface area contributed by atoms with Crippen molar-refractivity contribution in [2.75, 3.05) is 58.4 Å². The van der Waals surface area contributed by atoms with Gasteiger partial charge in [0.25, 0.3) is 0 Å². The number of benzene rings is 2. The number of carbonyl (C=O) groups is 2. The third-order valence-corrected chi connectivity index (χ3v) is 6.27. The molecule has 10 heteroatoms. The molecule has 2 heterocycles. The number of nitrogens with zero attached hydrogens (tertiary/aromatic N) is 4. The van der Waals surface area contributed by atoms with Crippen molar-refractivity contribution < 1.29 is 19.1 Å². The van der Waals surface area contributed by atoms with Gasteiger partial charge in [-0.05, 0) is 36.4 Å². The molecular weight excluding hydrogens is 482 g/mol. The van der Waals surface area contributed by atoms with Gasteiger partial charge in [-0.1, -0.05) is 23.7 Å². The fourth-order valence-corrected chi connectivity index (χ4v) is 4.07. The van der Waals surface area contributed by atoms with Gasteiger partial charge >= 0.3 is 0 Å². The second-order valence-electron chi connectivity index (χ2n) is 8.47. The molecule has 0 aliphatic carbocycles. The second-order valence-corrected chi connectivity index (χ2v) is 8.90. The summed E-state index contributed by atoms with van der Waals surface area (Å²) in [7, 11) is 1.61. The number of ether oxygens (including phenoxy) is 2. The van der Waals surface area contributed by atoms with Crippen LogP contribution in [0.5, 0.6) is 5.75 Å². The van der Waals surface area contributed by atoms with Crippen molar-refractivity contribution in [3.63, 3.8) is 0 Å². The Morgan fingerprint density at radius 2 is 1.81 bits per heavy atom. The summed E-state index contributed by atoms with van der Waals surface area (Å²) in [6, 6.07) is 14.8. The fraction of sp³-hybridized carbons (Fsp3) is 0.346. The van der Waals surface area contributed by atoms with Crippen LogP contribution in [0.2, 0.25) is 5.02 Å². The zero-order chi connectivity index (χ0) is 25.5. The van der Waals surface area contributed by atoms with Crippen LogP contribution in [0.4, 0.5) is 5.95 Å². The van der Waals surface area contributed by atoms with Crippen molar-refractivity contribution in [3.05, 3.63) is 59.8 Å². The molecule has 1 saturated heterocycles. The normalized spacial score (nSPS) is 13.9. The van der Waals surface area contributed by atoms with Crippen molar-refractivity contribution in [2.45, 2.75) is 6.92 Å². The van der Waals surface area contributed by atoms with E-state index in [4.69, 9.17) is 21.1 Å². The van der Waals surface area contributed by atoms with Crippen LogP contribution in [0.15, 0.2) is 54.7 Å². The van der Waals surface area contributed by atoms with Gasteiger partial charge in [0.15, 0.2) is 0 Å². The Morgan fingerprint density at radius 1 is 1.11 bits per heavy atom. The quantitative estimate of drug-likeness (QED) is 0.474. The predicted molar refractivity (Wildman–Crippen MR) is 139 cm³/mol. The van der Waals surface area contributed by atoms with Crippen molar-refractivity contribution >= 4 is 29.4 Å². The molecule has 0 spiro atoms. The Labute approximate surface area is 215 Å². The van der Waals surface area contributed by atoms with E-state index in [9.17, 15) is 9.59 Å². The van der Waals surface area contributed by atoms with Gasteiger partial charge in [-0.2, -0.15) is 0 Å². The van der Waals surface area contributed by atoms with Crippen LogP contribution < -0.4 is 10.1 Å². The molecule has 1 N–H and O–H groups in total. The Kier molecular flexibility index (Phi) is 8.58. The summed E-state index contributed by atoms with van der Waals surface area (Å²) in [5.41, 5.74) is 2.33. The van der Waals surface area contributed by atoms with Crippen LogP contribution in [-0.2, 0) is 14.3 Å². The first kappa shape index (κ1) is 25.7. The lowest BCUT2D eigenvalue weighted by atomic mass is 10.2. The molecule has 2 aromatic carbocycles. The Balaban J connectivity index is 1.52. The average molecular weight is 512 g/mol. The van der Waals surface area contributed by atoms with Crippen LogP contribution in [0.25, 0.3) is 16.9 Å². The van der Waals surface area contributed by atoms with Crippen molar-refractivity contribution in [1.29, 1.82) is 0 Å². The average Bonchev–Trinajstić information content (AvgIpc) is 3.31. The van der Waals surface area contributed by atoms with Crippen molar-refractivity contribution in [1.82, 2.24) is 19.4 Å². The highest BCUT2D eigenvalue weighted by Gasteiger charge is 2.19. The lowest BCUT2D eigenvalue weighted by Crippen LogP contribution is -2.44. The van der Waals surface area contributed by atoms with Crippen molar-refractivity contribution in [3.8, 4) is 22.7 Å². The highest BCUT2D eigenvalue weighted by atomic mass is 35.5. The Bertz CT molecular complexity index is 1170. The third-order valence-electron chi connectivity index (χ3n) is 6.02. The van der Waals surface area contributed by atoms with E-state index in [1.54, 1.807) is 28.7 Å². The Morgan fingerprint density at radius 3 is 2.44 bits per heavy atom. The standard InChI is InChI=1S/C26H30ClN5O4/c1-19(33)31(12-11-30-13-15-36-16-14-30)18-25(34)29-26-28-24(20-3-5-21(27)6-4-20)17-32(26)22-7-9-23(35-2)10-8-22/h3-10,17H,11-16,18H2,1-2H3,(H,28,29,34). The molecule has 1 aliphatic heterocycles. The largest absolute Gasteiger partial charge is 0.497 e. The zero-order valence-corrected chi connectivity index (χ0v) is 21.2. The van der Waals surface area contributed by atoms with Gasteiger partial charge < -0.3 is 14.4 Å². The number of aromatic nitrogens is 2. The monoisotopic (exact) mass is 511 g/mol. The molecule has 0 saturated carbocycles. The van der Waals surface area contributed by atoms with Crippen molar-refractivity contribution in [2.24, 2.45) is 0 Å². The van der Waals surface area contributed by atoms with E-state index in [2.05, 4.69) is 15.2 Å². The van der Waals surface area contributed by atoms with E-state index in [1.807, 2.05) is 42.6 Å². The maximum atomic E-state index is 13.0. The van der Waals surface area contributed by atoms with Gasteiger partial charge in [0.05, 0.1) is 32.6 Å². The smallest absolute Gasteiger partial charge is 0.246 e. The molecule has 9 nitrogen and oxygen atoms in total. The summed E-state index contributed by atoms with van der Waals surface area (Å²) in [5, 5.41) is 3.52. The van der Waals surface area contributed by atoms with Crippen LogP contribution >= 0.6 is 11.6 Å². The van der Waals surface area contributed by atoms with Crippen LogP contribution in [0.3, 0.4) is 0 Å². The van der Waals surface area contributed by atoms with Gasteiger partial charge in [-0.15, -0.1) is 0 Å². The molecule has 0 unspecified atom stereocenters. The molecule has 1 fully saturated rings. The van der Waals surface area contributed by atoms with E-state index in [1.165, 1.54) is 6.92 Å². The third kappa shape index (κ3) is 6.63. The van der Waals surface area contributed by atoms with Crippen LogP contribution in [-0.4, -0.2) is 84.2 Å². The summed E-state index contributed by atoms with van der Waals surface area (Å²) in [5.74, 6) is 0.598. The number of hydrogen-bond acceptors (Lipinski definition) is 6. The molecule has 1 aliphatic rings. The minimum atomic E-state index is -0.324. The summed E-state index contributed by atoms with van der Waals surface area (Å²) in [6.45, 7) is 5.59. The predicted octanol–water partition coefficient (Wildman–Crippen LogP) is 3.32. The number of halogens is 1. The first-order chi connectivity index (χ1) is 17.4. The van der Waals surface area contributed by atoms with Gasteiger partial charge in [-0.3, -0.25) is 24.4 Å². The number of hydrogen-bond donors (Lipinski definition) is 1. The number of carbonyl (C=O) groups excluding carboxylic acids is 2. The summed E-state index contributed by atoms with van der Waals surface area (Å²) < 4.78 is 12.4. The Hall–Kier alpha value is -3.40. The number of rotatable bonds is 9. The molecule has 190 valence electrons. The number of anilines is 1. The minimum absolute atomic E-state index is 0.0641. The molecule has 0 radical (unpaired) electrons. The van der Waals surface area contributed by atoms with Gasteiger partial charge in [0.2, 0.25) is 17.8 Å². The molecule has 0 atom stereocenters. The first-order valence-corrected chi connectivity index (χ1v) is 12.2. The first-order valence-electron chi connectivity index (χ1n) is 11.8. The second kappa shape index (κ2) is 12.0. The lowest BCUT2D eigenvalue weighted by molar-refractivity contribution is -0.133. The van der Waals surface area contributed by atoms with Crippen LogP contribution in [0, 0.1) is 0 Å². The number of methoxy groups -OCH3 is 1. The number of amides is 2. The van der Waals surface area contributed by atoms with E-state index < -0.39 is 0 Å². The zero-order valence-electron chi connectivity index (χ0n) is 20.4. The molecule has 1 aromatic heterocycles. The van der Waals surface area contributed by atoms with E-state index >= 15 is 0 Å². The molecule has 4 rings (SSSR count). The number of morpholine rings is 1. The lowest BCUT2D eigenvalue weighted by Gasteiger charge is -2.29. The highest BCUT2D eigenvalue weighted by molar-refractivity contribution is 6.30. The van der Waals surface area contributed by atoms with E-state index in [0.29, 0.717) is 43.0 Å². The molecule has 0 bridgehead atoms. The highest BCUT2D eigenvalue weighted by Crippen LogP contribution is 2.26. The van der Waals surface area contributed by atoms with Gasteiger partial charge in [0, 0.05) is 55.6 Å². The molecule has 2 amide bonds.